The first-order valence-corrected chi connectivity index (χ1v) is 5.99. The van der Waals surface area contributed by atoms with Gasteiger partial charge in [-0.1, -0.05) is 29.3 Å². The van der Waals surface area contributed by atoms with E-state index >= 15 is 0 Å². The molecule has 0 bridgehead atoms. The van der Waals surface area contributed by atoms with Gasteiger partial charge in [-0.05, 0) is 38.1 Å². The smallest absolute Gasteiger partial charge is 0.104 e. The van der Waals surface area contributed by atoms with Gasteiger partial charge in [0.05, 0.1) is 6.26 Å². The monoisotopic (exact) mass is 229 g/mol. The standard InChI is InChI=1S/C15H19NO/c1-11-6-12(2)8-13(7-11)14(10-16)9-15-4-3-5-17-15/h3-8,14H,9-10,16H2,1-2H3. The minimum atomic E-state index is 0.333. The van der Waals surface area contributed by atoms with E-state index in [1.807, 2.05) is 12.1 Å². The minimum absolute atomic E-state index is 0.333. The van der Waals surface area contributed by atoms with E-state index in [1.54, 1.807) is 6.26 Å². The van der Waals surface area contributed by atoms with Gasteiger partial charge in [0.15, 0.2) is 0 Å². The highest BCUT2D eigenvalue weighted by Crippen LogP contribution is 2.22. The van der Waals surface area contributed by atoms with E-state index < -0.39 is 0 Å². The molecule has 1 aromatic heterocycles. The summed E-state index contributed by atoms with van der Waals surface area (Å²) in [7, 11) is 0. The Morgan fingerprint density at radius 1 is 1.18 bits per heavy atom. The van der Waals surface area contributed by atoms with Crippen molar-refractivity contribution in [1.29, 1.82) is 0 Å². The summed E-state index contributed by atoms with van der Waals surface area (Å²) in [6.07, 6.45) is 2.58. The van der Waals surface area contributed by atoms with Crippen molar-refractivity contribution < 1.29 is 4.42 Å². The molecule has 0 aliphatic rings. The van der Waals surface area contributed by atoms with E-state index in [1.165, 1.54) is 16.7 Å². The zero-order valence-corrected chi connectivity index (χ0v) is 10.4. The summed E-state index contributed by atoms with van der Waals surface area (Å²) in [5, 5.41) is 0. The maximum absolute atomic E-state index is 5.88. The molecule has 17 heavy (non-hydrogen) atoms. The van der Waals surface area contributed by atoms with Gasteiger partial charge < -0.3 is 10.2 Å². The fraction of sp³-hybridized carbons (Fsp3) is 0.333. The van der Waals surface area contributed by atoms with Crippen LogP contribution in [-0.2, 0) is 6.42 Å². The van der Waals surface area contributed by atoms with Crippen molar-refractivity contribution in [2.75, 3.05) is 6.54 Å². The van der Waals surface area contributed by atoms with Crippen LogP contribution in [0.3, 0.4) is 0 Å². The molecule has 2 aromatic rings. The van der Waals surface area contributed by atoms with E-state index in [2.05, 4.69) is 32.0 Å². The molecule has 2 heteroatoms. The minimum Gasteiger partial charge on any atom is -0.469 e. The van der Waals surface area contributed by atoms with Crippen molar-refractivity contribution in [2.24, 2.45) is 5.73 Å². The van der Waals surface area contributed by atoms with E-state index in [0.29, 0.717) is 12.5 Å². The third-order valence-corrected chi connectivity index (χ3v) is 3.03. The Balaban J connectivity index is 2.22. The Kier molecular flexibility index (Phi) is 3.64. The molecule has 1 heterocycles. The number of rotatable bonds is 4. The van der Waals surface area contributed by atoms with Crippen molar-refractivity contribution in [3.05, 3.63) is 59.0 Å². The normalized spacial score (nSPS) is 12.6. The van der Waals surface area contributed by atoms with Crippen LogP contribution < -0.4 is 5.73 Å². The quantitative estimate of drug-likeness (QED) is 0.874. The average Bonchev–Trinajstić information content (AvgIpc) is 2.77. The van der Waals surface area contributed by atoms with Crippen LogP contribution in [0.15, 0.2) is 41.0 Å². The van der Waals surface area contributed by atoms with Gasteiger partial charge >= 0.3 is 0 Å². The molecular weight excluding hydrogens is 210 g/mol. The lowest BCUT2D eigenvalue weighted by molar-refractivity contribution is 0.486. The maximum atomic E-state index is 5.88. The van der Waals surface area contributed by atoms with Crippen LogP contribution in [0.5, 0.6) is 0 Å². The van der Waals surface area contributed by atoms with Gasteiger partial charge in [0, 0.05) is 12.3 Å². The largest absolute Gasteiger partial charge is 0.469 e. The number of hydrogen-bond acceptors (Lipinski definition) is 2. The van der Waals surface area contributed by atoms with Crippen LogP contribution in [0.4, 0.5) is 0 Å². The molecule has 0 amide bonds. The Hall–Kier alpha value is -1.54. The lowest BCUT2D eigenvalue weighted by atomic mass is 9.92. The molecular formula is C15H19NO. The van der Waals surface area contributed by atoms with E-state index in [9.17, 15) is 0 Å². The highest BCUT2D eigenvalue weighted by Gasteiger charge is 2.12. The predicted octanol–water partition coefficient (Wildman–Crippen LogP) is 3.18. The van der Waals surface area contributed by atoms with Gasteiger partial charge in [0.25, 0.3) is 0 Å². The zero-order valence-electron chi connectivity index (χ0n) is 10.4. The molecule has 0 fully saturated rings. The summed E-state index contributed by atoms with van der Waals surface area (Å²) in [6.45, 7) is 4.89. The zero-order chi connectivity index (χ0) is 12.3. The number of nitrogens with two attached hydrogens (primary N) is 1. The summed E-state index contributed by atoms with van der Waals surface area (Å²) < 4.78 is 5.39. The summed E-state index contributed by atoms with van der Waals surface area (Å²) in [4.78, 5) is 0. The van der Waals surface area contributed by atoms with Crippen molar-refractivity contribution >= 4 is 0 Å². The van der Waals surface area contributed by atoms with Gasteiger partial charge in [-0.2, -0.15) is 0 Å². The first kappa shape index (κ1) is 11.9. The third-order valence-electron chi connectivity index (χ3n) is 3.03. The highest BCUT2D eigenvalue weighted by atomic mass is 16.3. The van der Waals surface area contributed by atoms with E-state index in [4.69, 9.17) is 10.2 Å². The number of furan rings is 1. The molecule has 0 radical (unpaired) electrons. The fourth-order valence-electron chi connectivity index (χ4n) is 2.25. The van der Waals surface area contributed by atoms with Crippen LogP contribution in [-0.4, -0.2) is 6.54 Å². The fourth-order valence-corrected chi connectivity index (χ4v) is 2.25. The van der Waals surface area contributed by atoms with Crippen LogP contribution in [0.2, 0.25) is 0 Å². The van der Waals surface area contributed by atoms with Crippen LogP contribution in [0.25, 0.3) is 0 Å². The number of aryl methyl sites for hydroxylation is 2. The second-order valence-corrected chi connectivity index (χ2v) is 4.64. The average molecular weight is 229 g/mol. The van der Waals surface area contributed by atoms with Gasteiger partial charge in [0.2, 0.25) is 0 Å². The first-order chi connectivity index (χ1) is 8.19. The number of hydrogen-bond donors (Lipinski definition) is 1. The molecule has 1 aromatic carbocycles. The summed E-state index contributed by atoms with van der Waals surface area (Å²) in [6, 6.07) is 10.5. The molecule has 0 aliphatic heterocycles. The van der Waals surface area contributed by atoms with Crippen LogP contribution in [0.1, 0.15) is 28.4 Å². The molecule has 0 aliphatic carbocycles. The molecule has 0 saturated heterocycles. The lowest BCUT2D eigenvalue weighted by Crippen LogP contribution is -2.15. The molecule has 2 N–H and O–H groups in total. The SMILES string of the molecule is Cc1cc(C)cc(C(CN)Cc2ccco2)c1. The Bertz CT molecular complexity index is 453. The maximum Gasteiger partial charge on any atom is 0.104 e. The first-order valence-electron chi connectivity index (χ1n) is 5.99. The van der Waals surface area contributed by atoms with Crippen LogP contribution >= 0.6 is 0 Å². The van der Waals surface area contributed by atoms with Gasteiger partial charge in [-0.3, -0.25) is 0 Å². The Morgan fingerprint density at radius 2 is 1.88 bits per heavy atom. The lowest BCUT2D eigenvalue weighted by Gasteiger charge is -2.15. The van der Waals surface area contributed by atoms with E-state index in [-0.39, 0.29) is 0 Å². The highest BCUT2D eigenvalue weighted by molar-refractivity contribution is 5.31. The van der Waals surface area contributed by atoms with Crippen molar-refractivity contribution in [2.45, 2.75) is 26.2 Å². The molecule has 0 spiro atoms. The molecule has 2 rings (SSSR count). The van der Waals surface area contributed by atoms with E-state index in [0.717, 1.165) is 12.2 Å². The molecule has 0 saturated carbocycles. The third kappa shape index (κ3) is 2.98. The van der Waals surface area contributed by atoms with Crippen molar-refractivity contribution in [3.63, 3.8) is 0 Å². The van der Waals surface area contributed by atoms with Gasteiger partial charge in [-0.25, -0.2) is 0 Å². The molecule has 1 atom stereocenters. The predicted molar refractivity (Wildman–Crippen MR) is 70.1 cm³/mol. The second-order valence-electron chi connectivity index (χ2n) is 4.64. The Morgan fingerprint density at radius 3 is 2.41 bits per heavy atom. The molecule has 1 unspecified atom stereocenters. The summed E-state index contributed by atoms with van der Waals surface area (Å²) >= 11 is 0. The number of benzene rings is 1. The summed E-state index contributed by atoms with van der Waals surface area (Å²) in [5.41, 5.74) is 9.77. The molecule has 2 nitrogen and oxygen atoms in total. The van der Waals surface area contributed by atoms with Crippen molar-refractivity contribution in [3.8, 4) is 0 Å². The second kappa shape index (κ2) is 5.19. The topological polar surface area (TPSA) is 39.2 Å². The summed E-state index contributed by atoms with van der Waals surface area (Å²) in [5.74, 6) is 1.33. The van der Waals surface area contributed by atoms with Gasteiger partial charge in [0.1, 0.15) is 5.76 Å². The van der Waals surface area contributed by atoms with Gasteiger partial charge in [-0.15, -0.1) is 0 Å². The Labute approximate surface area is 102 Å². The van der Waals surface area contributed by atoms with Crippen molar-refractivity contribution in [1.82, 2.24) is 0 Å². The van der Waals surface area contributed by atoms with Crippen LogP contribution in [0, 0.1) is 13.8 Å². The molecule has 90 valence electrons.